The van der Waals surface area contributed by atoms with Crippen LogP contribution in [0.3, 0.4) is 0 Å². The molecule has 0 saturated heterocycles. The molecule has 1 saturated carbocycles. The van der Waals surface area contributed by atoms with Gasteiger partial charge in [0.05, 0.1) is 0 Å². The molecular formula is C13H15N3O2. The molecule has 0 amide bonds. The third-order valence-electron chi connectivity index (χ3n) is 3.52. The monoisotopic (exact) mass is 245 g/mol. The molecular weight excluding hydrogens is 230 g/mol. The minimum absolute atomic E-state index is 0.204. The zero-order valence-electron chi connectivity index (χ0n) is 10.2. The molecule has 3 rings (SSSR count). The van der Waals surface area contributed by atoms with Crippen molar-refractivity contribution in [2.45, 2.75) is 19.8 Å². The van der Waals surface area contributed by atoms with Crippen LogP contribution < -0.4 is 5.32 Å². The number of aromatic carboxylic acids is 1. The lowest BCUT2D eigenvalue weighted by Gasteiger charge is -2.09. The molecule has 94 valence electrons. The zero-order valence-corrected chi connectivity index (χ0v) is 10.2. The van der Waals surface area contributed by atoms with E-state index in [0.29, 0.717) is 16.9 Å². The van der Waals surface area contributed by atoms with E-state index in [1.165, 1.54) is 12.8 Å². The highest BCUT2D eigenvalue weighted by Gasteiger charge is 2.37. The predicted octanol–water partition coefficient (Wildman–Crippen LogP) is 2.24. The average molecular weight is 245 g/mol. The molecule has 0 aromatic carbocycles. The van der Waals surface area contributed by atoms with Gasteiger partial charge in [0, 0.05) is 12.7 Å². The lowest BCUT2D eigenvalue weighted by molar-refractivity contribution is 0.0690. The molecule has 5 nitrogen and oxygen atoms in total. The smallest absolute Gasteiger partial charge is 0.356 e. The van der Waals surface area contributed by atoms with Crippen LogP contribution in [0.1, 0.15) is 30.3 Å². The molecule has 0 bridgehead atoms. The van der Waals surface area contributed by atoms with E-state index in [9.17, 15) is 9.90 Å². The lowest BCUT2D eigenvalue weighted by atomic mass is 10.1. The number of imidazole rings is 1. The van der Waals surface area contributed by atoms with Crippen LogP contribution in [0.2, 0.25) is 0 Å². The van der Waals surface area contributed by atoms with Crippen molar-refractivity contribution >= 4 is 17.4 Å². The molecule has 2 heterocycles. The molecule has 1 aliphatic rings. The van der Waals surface area contributed by atoms with Gasteiger partial charge in [0.2, 0.25) is 0 Å². The molecule has 2 aromatic heterocycles. The van der Waals surface area contributed by atoms with Crippen molar-refractivity contribution in [3.8, 4) is 0 Å². The Morgan fingerprint density at radius 1 is 1.56 bits per heavy atom. The van der Waals surface area contributed by atoms with Crippen molar-refractivity contribution in [2.75, 3.05) is 11.9 Å². The fourth-order valence-electron chi connectivity index (χ4n) is 2.01. The van der Waals surface area contributed by atoms with Gasteiger partial charge in [-0.25, -0.2) is 9.78 Å². The Morgan fingerprint density at radius 2 is 2.33 bits per heavy atom. The van der Waals surface area contributed by atoms with Crippen LogP contribution in [0.4, 0.5) is 5.82 Å². The van der Waals surface area contributed by atoms with Crippen molar-refractivity contribution in [1.82, 2.24) is 9.38 Å². The van der Waals surface area contributed by atoms with Gasteiger partial charge in [0.15, 0.2) is 11.5 Å². The van der Waals surface area contributed by atoms with E-state index in [-0.39, 0.29) is 5.69 Å². The highest BCUT2D eigenvalue weighted by atomic mass is 16.4. The maximum absolute atomic E-state index is 11.3. The van der Waals surface area contributed by atoms with Crippen molar-refractivity contribution in [3.63, 3.8) is 0 Å². The lowest BCUT2D eigenvalue weighted by Crippen LogP contribution is -2.14. The Kier molecular flexibility index (Phi) is 2.29. The number of nitrogens with one attached hydrogen (secondary N) is 1. The van der Waals surface area contributed by atoms with E-state index < -0.39 is 5.97 Å². The van der Waals surface area contributed by atoms with Gasteiger partial charge in [-0.15, -0.1) is 0 Å². The second kappa shape index (κ2) is 3.73. The summed E-state index contributed by atoms with van der Waals surface area (Å²) in [7, 11) is 0. The van der Waals surface area contributed by atoms with Crippen LogP contribution in [0.5, 0.6) is 0 Å². The largest absolute Gasteiger partial charge is 0.476 e. The zero-order chi connectivity index (χ0) is 12.8. The van der Waals surface area contributed by atoms with Crippen LogP contribution in [0.25, 0.3) is 5.65 Å². The van der Waals surface area contributed by atoms with Crippen LogP contribution in [-0.2, 0) is 0 Å². The van der Waals surface area contributed by atoms with Crippen LogP contribution in [-0.4, -0.2) is 27.0 Å². The van der Waals surface area contributed by atoms with E-state index in [2.05, 4.69) is 17.2 Å². The third-order valence-corrected chi connectivity index (χ3v) is 3.52. The van der Waals surface area contributed by atoms with Gasteiger partial charge in [-0.05, 0) is 30.4 Å². The quantitative estimate of drug-likeness (QED) is 0.867. The molecule has 1 fully saturated rings. The van der Waals surface area contributed by atoms with E-state index in [1.54, 1.807) is 22.7 Å². The second-order valence-corrected chi connectivity index (χ2v) is 5.21. The number of carbonyl (C=O) groups is 1. The second-order valence-electron chi connectivity index (χ2n) is 5.21. The molecule has 0 spiro atoms. The first-order valence-electron chi connectivity index (χ1n) is 6.03. The van der Waals surface area contributed by atoms with Crippen LogP contribution in [0, 0.1) is 5.41 Å². The molecule has 0 unspecified atom stereocenters. The summed E-state index contributed by atoms with van der Waals surface area (Å²) in [5.74, 6) is -0.501. The predicted molar refractivity (Wildman–Crippen MR) is 68.0 cm³/mol. The molecule has 18 heavy (non-hydrogen) atoms. The molecule has 1 aliphatic carbocycles. The normalized spacial score (nSPS) is 16.7. The van der Waals surface area contributed by atoms with E-state index in [4.69, 9.17) is 0 Å². The Hall–Kier alpha value is -2.04. The maximum atomic E-state index is 11.3. The van der Waals surface area contributed by atoms with Gasteiger partial charge in [-0.2, -0.15) is 0 Å². The van der Waals surface area contributed by atoms with Crippen molar-refractivity contribution in [3.05, 3.63) is 30.1 Å². The number of carboxylic acids is 1. The fourth-order valence-corrected chi connectivity index (χ4v) is 2.01. The minimum atomic E-state index is -0.961. The third kappa shape index (κ3) is 1.81. The Labute approximate surface area is 104 Å². The first kappa shape index (κ1) is 11.1. The van der Waals surface area contributed by atoms with Crippen molar-refractivity contribution in [1.29, 1.82) is 0 Å². The highest BCUT2D eigenvalue weighted by molar-refractivity contribution is 5.92. The standard InChI is InChI=1S/C13H15N3O2/c1-13(5-6-13)8-14-11-10(12(17)18)16-7-3-2-4-9(16)15-11/h2-4,7,14H,5-6,8H2,1H3,(H,17,18). The summed E-state index contributed by atoms with van der Waals surface area (Å²) in [6.07, 6.45) is 4.10. The number of hydrogen-bond donors (Lipinski definition) is 2. The molecule has 0 atom stereocenters. The van der Waals surface area contributed by atoms with Gasteiger partial charge in [0.1, 0.15) is 5.65 Å². The van der Waals surface area contributed by atoms with E-state index >= 15 is 0 Å². The fraction of sp³-hybridized carbons (Fsp3) is 0.385. The highest BCUT2D eigenvalue weighted by Crippen LogP contribution is 2.44. The van der Waals surface area contributed by atoms with Crippen LogP contribution in [0.15, 0.2) is 24.4 Å². The summed E-state index contributed by atoms with van der Waals surface area (Å²) >= 11 is 0. The first-order valence-corrected chi connectivity index (χ1v) is 6.03. The van der Waals surface area contributed by atoms with Gasteiger partial charge >= 0.3 is 5.97 Å². The number of pyridine rings is 1. The topological polar surface area (TPSA) is 66.6 Å². The van der Waals surface area contributed by atoms with Gasteiger partial charge in [0.25, 0.3) is 0 Å². The summed E-state index contributed by atoms with van der Waals surface area (Å²) < 4.78 is 1.60. The first-order chi connectivity index (χ1) is 8.59. The van der Waals surface area contributed by atoms with Gasteiger partial charge in [-0.1, -0.05) is 13.0 Å². The molecule has 5 heteroatoms. The summed E-state index contributed by atoms with van der Waals surface area (Å²) in [6, 6.07) is 5.45. The molecule has 0 aliphatic heterocycles. The Balaban J connectivity index is 1.99. The number of fused-ring (bicyclic) bond motifs is 1. The number of nitrogens with zero attached hydrogens (tertiary/aromatic N) is 2. The molecule has 2 N–H and O–H groups in total. The summed E-state index contributed by atoms with van der Waals surface area (Å²) in [6.45, 7) is 2.97. The van der Waals surface area contributed by atoms with Gasteiger partial charge in [-0.3, -0.25) is 4.40 Å². The Bertz CT molecular complexity index is 614. The van der Waals surface area contributed by atoms with Gasteiger partial charge < -0.3 is 10.4 Å². The number of rotatable bonds is 4. The number of hydrogen-bond acceptors (Lipinski definition) is 3. The van der Waals surface area contributed by atoms with E-state index in [1.807, 2.05) is 6.07 Å². The molecule has 2 aromatic rings. The van der Waals surface area contributed by atoms with Crippen molar-refractivity contribution in [2.24, 2.45) is 5.41 Å². The van der Waals surface area contributed by atoms with E-state index in [0.717, 1.165) is 6.54 Å². The number of carboxylic acid groups (broad SMARTS) is 1. The Morgan fingerprint density at radius 3 is 3.00 bits per heavy atom. The minimum Gasteiger partial charge on any atom is -0.476 e. The van der Waals surface area contributed by atoms with Crippen LogP contribution >= 0.6 is 0 Å². The van der Waals surface area contributed by atoms with Crippen molar-refractivity contribution < 1.29 is 9.90 Å². The maximum Gasteiger partial charge on any atom is 0.356 e. The molecule has 0 radical (unpaired) electrons. The SMILES string of the molecule is CC1(CNc2nc3ccccn3c2C(=O)O)CC1. The summed E-state index contributed by atoms with van der Waals surface area (Å²) in [4.78, 5) is 15.7. The number of aromatic nitrogens is 2. The number of anilines is 1. The summed E-state index contributed by atoms with van der Waals surface area (Å²) in [5.41, 5.74) is 1.17. The average Bonchev–Trinajstić information content (AvgIpc) is 2.95. The summed E-state index contributed by atoms with van der Waals surface area (Å²) in [5, 5.41) is 12.5.